The third-order valence-corrected chi connectivity index (χ3v) is 4.87. The molecule has 0 atom stereocenters. The van der Waals surface area contributed by atoms with Gasteiger partial charge in [0.2, 0.25) is 0 Å². The molecule has 1 N–H and O–H groups in total. The van der Waals surface area contributed by atoms with Crippen LogP contribution in [-0.2, 0) is 11.3 Å². The van der Waals surface area contributed by atoms with Crippen molar-refractivity contribution in [2.75, 3.05) is 19.8 Å². The Morgan fingerprint density at radius 3 is 2.80 bits per heavy atom. The molecule has 0 unspecified atom stereocenters. The van der Waals surface area contributed by atoms with Crippen LogP contribution in [0, 0.1) is 12.8 Å². The van der Waals surface area contributed by atoms with Crippen molar-refractivity contribution in [3.05, 3.63) is 23.4 Å². The van der Waals surface area contributed by atoms with E-state index in [1.807, 2.05) is 18.0 Å². The van der Waals surface area contributed by atoms with E-state index in [0.29, 0.717) is 11.2 Å². The third kappa shape index (κ3) is 5.08. The van der Waals surface area contributed by atoms with Crippen molar-refractivity contribution in [2.24, 2.45) is 5.92 Å². The smallest absolute Gasteiger partial charge is 0.0991 e. The molecule has 0 saturated carbocycles. The normalized spacial score (nSPS) is 16.8. The molecule has 0 spiro atoms. The molecule has 0 amide bonds. The van der Waals surface area contributed by atoms with Gasteiger partial charge in [0.1, 0.15) is 0 Å². The van der Waals surface area contributed by atoms with Gasteiger partial charge in [-0.25, -0.2) is 4.98 Å². The van der Waals surface area contributed by atoms with Crippen molar-refractivity contribution in [2.45, 2.75) is 50.4 Å². The Kier molecular flexibility index (Phi) is 6.33. The maximum absolute atomic E-state index is 5.41. The summed E-state index contributed by atoms with van der Waals surface area (Å²) in [7, 11) is 0. The van der Waals surface area contributed by atoms with Gasteiger partial charge in [-0.2, -0.15) is 0 Å². The van der Waals surface area contributed by atoms with E-state index >= 15 is 0 Å². The molecule has 1 saturated heterocycles. The summed E-state index contributed by atoms with van der Waals surface area (Å²) in [5, 5.41) is 5.32. The van der Waals surface area contributed by atoms with E-state index in [1.54, 1.807) is 0 Å². The van der Waals surface area contributed by atoms with Crippen LogP contribution in [0.2, 0.25) is 0 Å². The van der Waals surface area contributed by atoms with Gasteiger partial charge < -0.3 is 10.1 Å². The van der Waals surface area contributed by atoms with Gasteiger partial charge in [-0.05, 0) is 43.4 Å². The third-order valence-electron chi connectivity index (χ3n) is 3.42. The lowest BCUT2D eigenvalue weighted by Gasteiger charge is -2.21. The van der Waals surface area contributed by atoms with Crippen molar-refractivity contribution in [1.82, 2.24) is 10.3 Å². The lowest BCUT2D eigenvalue weighted by Crippen LogP contribution is -2.19. The van der Waals surface area contributed by atoms with Gasteiger partial charge >= 0.3 is 0 Å². The molecule has 1 aromatic heterocycles. The second kappa shape index (κ2) is 8.01. The van der Waals surface area contributed by atoms with Gasteiger partial charge in [-0.3, -0.25) is 0 Å². The van der Waals surface area contributed by atoms with Crippen LogP contribution in [0.5, 0.6) is 0 Å². The Labute approximate surface area is 126 Å². The van der Waals surface area contributed by atoms with Gasteiger partial charge in [-0.15, -0.1) is 11.8 Å². The molecular formula is C16H26N2OS. The summed E-state index contributed by atoms with van der Waals surface area (Å²) < 4.78 is 5.41. The number of hydrogen-bond donors (Lipinski definition) is 1. The zero-order chi connectivity index (χ0) is 14.4. The van der Waals surface area contributed by atoms with E-state index in [9.17, 15) is 0 Å². The van der Waals surface area contributed by atoms with E-state index in [2.05, 4.69) is 37.1 Å². The minimum absolute atomic E-state index is 0.667. The number of aryl methyl sites for hydroxylation is 1. The molecule has 2 heterocycles. The van der Waals surface area contributed by atoms with Crippen molar-refractivity contribution in [1.29, 1.82) is 0 Å². The quantitative estimate of drug-likeness (QED) is 0.872. The minimum Gasteiger partial charge on any atom is -0.381 e. The van der Waals surface area contributed by atoms with E-state index in [4.69, 9.17) is 4.74 Å². The highest BCUT2D eigenvalue weighted by Crippen LogP contribution is 2.30. The number of thioether (sulfide) groups is 1. The highest BCUT2D eigenvalue weighted by Gasteiger charge is 2.16. The molecule has 0 aliphatic carbocycles. The fourth-order valence-corrected chi connectivity index (χ4v) is 3.40. The Bertz CT molecular complexity index is 417. The lowest BCUT2D eigenvalue weighted by atomic mass is 10.2. The van der Waals surface area contributed by atoms with Crippen LogP contribution in [0.3, 0.4) is 0 Å². The first-order valence-electron chi connectivity index (χ1n) is 7.56. The number of hydrogen-bond acceptors (Lipinski definition) is 4. The summed E-state index contributed by atoms with van der Waals surface area (Å²) in [4.78, 5) is 4.65. The lowest BCUT2D eigenvalue weighted by molar-refractivity contribution is 0.1000. The van der Waals surface area contributed by atoms with Crippen molar-refractivity contribution in [3.63, 3.8) is 0 Å². The fourth-order valence-electron chi connectivity index (χ4n) is 2.30. The summed E-state index contributed by atoms with van der Waals surface area (Å²) >= 11 is 1.92. The monoisotopic (exact) mass is 294 g/mol. The SMILES string of the molecule is Cc1cc(CNCC(C)C)cnc1SC1CCOCC1. The van der Waals surface area contributed by atoms with Gasteiger partial charge in [0.05, 0.1) is 5.03 Å². The Hall–Kier alpha value is -0.580. The number of rotatable bonds is 6. The van der Waals surface area contributed by atoms with Crippen LogP contribution in [0.1, 0.15) is 37.8 Å². The Morgan fingerprint density at radius 1 is 1.40 bits per heavy atom. The number of aromatic nitrogens is 1. The molecule has 20 heavy (non-hydrogen) atoms. The molecule has 0 bridgehead atoms. The predicted octanol–water partition coefficient (Wildman–Crippen LogP) is 3.41. The average molecular weight is 294 g/mol. The number of nitrogens with one attached hydrogen (secondary N) is 1. The summed E-state index contributed by atoms with van der Waals surface area (Å²) in [6.07, 6.45) is 4.30. The minimum atomic E-state index is 0.667. The molecule has 1 aromatic rings. The van der Waals surface area contributed by atoms with Crippen molar-refractivity contribution < 1.29 is 4.74 Å². The first kappa shape index (κ1) is 15.8. The molecule has 1 aliphatic heterocycles. The Morgan fingerprint density at radius 2 is 2.15 bits per heavy atom. The van der Waals surface area contributed by atoms with Crippen LogP contribution in [0.25, 0.3) is 0 Å². The summed E-state index contributed by atoms with van der Waals surface area (Å²) in [5.74, 6) is 0.687. The molecule has 1 fully saturated rings. The van der Waals surface area contributed by atoms with Gasteiger partial charge in [0, 0.05) is 31.2 Å². The largest absolute Gasteiger partial charge is 0.381 e. The molecule has 0 aromatic carbocycles. The van der Waals surface area contributed by atoms with E-state index in [0.717, 1.165) is 39.1 Å². The zero-order valence-electron chi connectivity index (χ0n) is 12.8. The van der Waals surface area contributed by atoms with Crippen LogP contribution in [0.15, 0.2) is 17.3 Å². The summed E-state index contributed by atoms with van der Waals surface area (Å²) in [5.41, 5.74) is 2.57. The van der Waals surface area contributed by atoms with Crippen molar-refractivity contribution >= 4 is 11.8 Å². The first-order chi connectivity index (χ1) is 9.65. The predicted molar refractivity (Wildman–Crippen MR) is 85.2 cm³/mol. The van der Waals surface area contributed by atoms with Crippen LogP contribution in [-0.4, -0.2) is 30.0 Å². The average Bonchev–Trinajstić information content (AvgIpc) is 2.42. The van der Waals surface area contributed by atoms with Crippen LogP contribution >= 0.6 is 11.8 Å². The molecule has 112 valence electrons. The second-order valence-corrected chi connectivity index (χ2v) is 7.21. The Balaban J connectivity index is 1.88. The topological polar surface area (TPSA) is 34.2 Å². The molecule has 2 rings (SSSR count). The standard InChI is InChI=1S/C16H26N2OS/c1-12(2)9-17-10-14-8-13(3)16(18-11-14)20-15-4-6-19-7-5-15/h8,11-12,15,17H,4-7,9-10H2,1-3H3. The maximum Gasteiger partial charge on any atom is 0.0991 e. The molecular weight excluding hydrogens is 268 g/mol. The fraction of sp³-hybridized carbons (Fsp3) is 0.688. The van der Waals surface area contributed by atoms with E-state index in [1.165, 1.54) is 16.2 Å². The highest BCUT2D eigenvalue weighted by molar-refractivity contribution is 7.99. The molecule has 3 nitrogen and oxygen atoms in total. The van der Waals surface area contributed by atoms with Gasteiger partial charge in [0.25, 0.3) is 0 Å². The van der Waals surface area contributed by atoms with Crippen LogP contribution < -0.4 is 5.32 Å². The molecule has 0 radical (unpaired) electrons. The number of ether oxygens (including phenoxy) is 1. The second-order valence-electron chi connectivity index (χ2n) is 5.92. The number of pyridine rings is 1. The first-order valence-corrected chi connectivity index (χ1v) is 8.43. The number of nitrogens with zero attached hydrogens (tertiary/aromatic N) is 1. The summed E-state index contributed by atoms with van der Waals surface area (Å²) in [6, 6.07) is 2.27. The zero-order valence-corrected chi connectivity index (χ0v) is 13.6. The molecule has 1 aliphatic rings. The molecule has 4 heteroatoms. The van der Waals surface area contributed by atoms with Gasteiger partial charge in [-0.1, -0.05) is 19.9 Å². The van der Waals surface area contributed by atoms with E-state index < -0.39 is 0 Å². The highest BCUT2D eigenvalue weighted by atomic mass is 32.2. The van der Waals surface area contributed by atoms with Gasteiger partial charge in [0.15, 0.2) is 0 Å². The van der Waals surface area contributed by atoms with E-state index in [-0.39, 0.29) is 0 Å². The summed E-state index contributed by atoms with van der Waals surface area (Å²) in [6.45, 7) is 10.4. The maximum atomic E-state index is 5.41. The van der Waals surface area contributed by atoms with Crippen molar-refractivity contribution in [3.8, 4) is 0 Å². The van der Waals surface area contributed by atoms with Crippen LogP contribution in [0.4, 0.5) is 0 Å².